The molecule has 6 heteroatoms. The van der Waals surface area contributed by atoms with E-state index in [1.54, 1.807) is 18.2 Å². The van der Waals surface area contributed by atoms with Crippen molar-refractivity contribution in [2.24, 2.45) is 0 Å². The Hall–Kier alpha value is -2.82. The van der Waals surface area contributed by atoms with E-state index in [1.165, 1.54) is 0 Å². The molecule has 0 fully saturated rings. The molecule has 0 aliphatic carbocycles. The highest BCUT2D eigenvalue weighted by Gasteiger charge is 2.19. The zero-order valence-electron chi connectivity index (χ0n) is 15.5. The summed E-state index contributed by atoms with van der Waals surface area (Å²) in [7, 11) is 0. The monoisotopic (exact) mass is 427 g/mol. The van der Waals surface area contributed by atoms with Crippen LogP contribution in [-0.2, 0) is 14.3 Å². The first-order valence-electron chi connectivity index (χ1n) is 9.08. The van der Waals surface area contributed by atoms with Crippen LogP contribution in [0, 0.1) is 0 Å². The first-order valence-corrected chi connectivity index (χ1v) is 9.83. The Morgan fingerprint density at radius 2 is 1.38 bits per heavy atom. The third-order valence-electron chi connectivity index (χ3n) is 4.24. The highest BCUT2D eigenvalue weighted by atomic mass is 35.5. The summed E-state index contributed by atoms with van der Waals surface area (Å²) in [5, 5.41) is 3.27. The molecule has 0 aliphatic rings. The van der Waals surface area contributed by atoms with E-state index >= 15 is 0 Å². The van der Waals surface area contributed by atoms with E-state index in [1.807, 2.05) is 60.7 Å². The lowest BCUT2D eigenvalue weighted by Gasteiger charge is -2.19. The van der Waals surface area contributed by atoms with Gasteiger partial charge in [-0.05, 0) is 23.3 Å². The normalized spacial score (nSPS) is 10.6. The van der Waals surface area contributed by atoms with E-state index in [-0.39, 0.29) is 23.8 Å². The van der Waals surface area contributed by atoms with Crippen LogP contribution in [-0.4, -0.2) is 11.9 Å². The van der Waals surface area contributed by atoms with Gasteiger partial charge in [-0.25, -0.2) is 0 Å². The summed E-state index contributed by atoms with van der Waals surface area (Å²) < 4.78 is 5.70. The number of hydrogen-bond donors (Lipinski definition) is 1. The van der Waals surface area contributed by atoms with Crippen LogP contribution in [0.1, 0.15) is 30.1 Å². The molecular weight excluding hydrogens is 409 g/mol. The number of anilines is 1. The number of nitrogens with one attached hydrogen (secondary N) is 1. The first kappa shape index (κ1) is 20.9. The second-order valence-corrected chi connectivity index (χ2v) is 7.13. The average molecular weight is 428 g/mol. The van der Waals surface area contributed by atoms with E-state index in [9.17, 15) is 9.59 Å². The number of ether oxygens (including phenoxy) is 1. The lowest BCUT2D eigenvalue weighted by Crippen LogP contribution is -2.17. The number of amides is 1. The molecule has 0 bridgehead atoms. The van der Waals surface area contributed by atoms with Crippen LogP contribution in [0.25, 0.3) is 0 Å². The van der Waals surface area contributed by atoms with Crippen LogP contribution in [0.15, 0.2) is 78.9 Å². The summed E-state index contributed by atoms with van der Waals surface area (Å²) in [4.78, 5) is 24.6. The molecule has 0 spiro atoms. The maximum Gasteiger partial charge on any atom is 0.307 e. The van der Waals surface area contributed by atoms with Gasteiger partial charge in [0.25, 0.3) is 0 Å². The predicted molar refractivity (Wildman–Crippen MR) is 115 cm³/mol. The van der Waals surface area contributed by atoms with Crippen molar-refractivity contribution in [3.05, 3.63) is 100 Å². The Bertz CT molecular complexity index is 938. The molecule has 0 atom stereocenters. The Balaban J connectivity index is 1.62. The molecule has 0 radical (unpaired) electrons. The minimum absolute atomic E-state index is 0.0298. The third-order valence-corrected chi connectivity index (χ3v) is 5.05. The highest BCUT2D eigenvalue weighted by Crippen LogP contribution is 2.30. The van der Waals surface area contributed by atoms with Crippen LogP contribution < -0.4 is 5.32 Å². The summed E-state index contributed by atoms with van der Waals surface area (Å²) in [5.74, 6) is -0.808. The van der Waals surface area contributed by atoms with E-state index in [0.717, 1.165) is 11.1 Å². The van der Waals surface area contributed by atoms with Gasteiger partial charge >= 0.3 is 5.97 Å². The van der Waals surface area contributed by atoms with Crippen LogP contribution in [0.2, 0.25) is 10.0 Å². The van der Waals surface area contributed by atoms with Crippen molar-refractivity contribution in [2.45, 2.75) is 18.9 Å². The van der Waals surface area contributed by atoms with Gasteiger partial charge in [0.2, 0.25) is 5.91 Å². The average Bonchev–Trinajstić information content (AvgIpc) is 2.75. The van der Waals surface area contributed by atoms with E-state index < -0.39 is 12.1 Å². The molecule has 3 aromatic rings. The number of carbonyl (C=O) groups excluding carboxylic acids is 2. The molecular formula is C23H19Cl2NO3. The van der Waals surface area contributed by atoms with Gasteiger partial charge in [0.05, 0.1) is 22.2 Å². The van der Waals surface area contributed by atoms with Crippen molar-refractivity contribution in [1.82, 2.24) is 0 Å². The zero-order valence-corrected chi connectivity index (χ0v) is 17.0. The van der Waals surface area contributed by atoms with E-state index in [2.05, 4.69) is 5.32 Å². The molecule has 0 aromatic heterocycles. The number of carbonyl (C=O) groups is 2. The van der Waals surface area contributed by atoms with Crippen molar-refractivity contribution in [1.29, 1.82) is 0 Å². The number of hydrogen-bond acceptors (Lipinski definition) is 3. The summed E-state index contributed by atoms with van der Waals surface area (Å²) >= 11 is 12.0. The highest BCUT2D eigenvalue weighted by molar-refractivity contribution is 6.43. The minimum Gasteiger partial charge on any atom is -0.453 e. The molecule has 1 N–H and O–H groups in total. The number of rotatable bonds is 7. The van der Waals surface area contributed by atoms with Gasteiger partial charge in [-0.3, -0.25) is 9.59 Å². The molecule has 0 saturated carbocycles. The molecule has 29 heavy (non-hydrogen) atoms. The fraction of sp³-hybridized carbons (Fsp3) is 0.130. The molecule has 0 saturated heterocycles. The Kier molecular flexibility index (Phi) is 7.28. The second kappa shape index (κ2) is 10.1. The molecule has 3 aromatic carbocycles. The largest absolute Gasteiger partial charge is 0.453 e. The molecule has 148 valence electrons. The van der Waals surface area contributed by atoms with Crippen LogP contribution in [0.3, 0.4) is 0 Å². The SMILES string of the molecule is O=C(CCC(=O)OC(c1ccccc1)c1ccccc1)Nc1cccc(Cl)c1Cl. The van der Waals surface area contributed by atoms with Crippen molar-refractivity contribution >= 4 is 40.8 Å². The lowest BCUT2D eigenvalue weighted by molar-refractivity contribution is -0.148. The Labute approximate surface area is 179 Å². The maximum atomic E-state index is 12.4. The Morgan fingerprint density at radius 1 is 0.793 bits per heavy atom. The summed E-state index contributed by atoms with van der Waals surface area (Å²) in [6.45, 7) is 0. The van der Waals surface area contributed by atoms with Crippen molar-refractivity contribution in [3.63, 3.8) is 0 Å². The molecule has 1 amide bonds. The van der Waals surface area contributed by atoms with Crippen molar-refractivity contribution < 1.29 is 14.3 Å². The Morgan fingerprint density at radius 3 is 1.97 bits per heavy atom. The molecule has 0 unspecified atom stereocenters. The smallest absolute Gasteiger partial charge is 0.307 e. The second-order valence-electron chi connectivity index (χ2n) is 6.34. The first-order chi connectivity index (χ1) is 14.0. The number of benzene rings is 3. The standard InChI is InChI=1S/C23H19Cl2NO3/c24-18-12-7-13-19(22(18)25)26-20(27)14-15-21(28)29-23(16-8-3-1-4-9-16)17-10-5-2-6-11-17/h1-13,23H,14-15H2,(H,26,27). The molecule has 0 heterocycles. The topological polar surface area (TPSA) is 55.4 Å². The van der Waals surface area contributed by atoms with Gasteiger partial charge in [-0.1, -0.05) is 89.9 Å². The molecule has 3 rings (SSSR count). The van der Waals surface area contributed by atoms with Gasteiger partial charge in [0.15, 0.2) is 6.10 Å². The van der Waals surface area contributed by atoms with Gasteiger partial charge in [0, 0.05) is 6.42 Å². The van der Waals surface area contributed by atoms with Crippen molar-refractivity contribution in [3.8, 4) is 0 Å². The summed E-state index contributed by atoms with van der Waals surface area (Å²) in [6, 6.07) is 23.9. The minimum atomic E-state index is -0.532. The maximum absolute atomic E-state index is 12.4. The quantitative estimate of drug-likeness (QED) is 0.467. The number of esters is 1. The summed E-state index contributed by atoms with van der Waals surface area (Å²) in [6.07, 6.45) is -0.617. The summed E-state index contributed by atoms with van der Waals surface area (Å²) in [5.41, 5.74) is 2.13. The zero-order chi connectivity index (χ0) is 20.6. The fourth-order valence-electron chi connectivity index (χ4n) is 2.80. The van der Waals surface area contributed by atoms with E-state index in [4.69, 9.17) is 27.9 Å². The van der Waals surface area contributed by atoms with Gasteiger partial charge < -0.3 is 10.1 Å². The molecule has 0 aliphatic heterocycles. The number of halogens is 2. The van der Waals surface area contributed by atoms with Crippen molar-refractivity contribution in [2.75, 3.05) is 5.32 Å². The van der Waals surface area contributed by atoms with Crippen LogP contribution in [0.4, 0.5) is 5.69 Å². The van der Waals surface area contributed by atoms with Crippen LogP contribution >= 0.6 is 23.2 Å². The van der Waals surface area contributed by atoms with E-state index in [0.29, 0.717) is 10.7 Å². The predicted octanol–water partition coefficient (Wildman–Crippen LogP) is 6.04. The fourth-order valence-corrected chi connectivity index (χ4v) is 3.15. The van der Waals surface area contributed by atoms with Gasteiger partial charge in [-0.15, -0.1) is 0 Å². The third kappa shape index (κ3) is 5.83. The van der Waals surface area contributed by atoms with Gasteiger partial charge in [0.1, 0.15) is 0 Å². The lowest BCUT2D eigenvalue weighted by atomic mass is 10.0. The van der Waals surface area contributed by atoms with Crippen LogP contribution in [0.5, 0.6) is 0 Å². The molecule has 4 nitrogen and oxygen atoms in total. The van der Waals surface area contributed by atoms with Gasteiger partial charge in [-0.2, -0.15) is 0 Å².